The molecule has 0 aliphatic carbocycles. The maximum atomic E-state index is 12.8. The zero-order valence-electron chi connectivity index (χ0n) is 13.6. The first-order valence-electron chi connectivity index (χ1n) is 7.82. The lowest BCUT2D eigenvalue weighted by atomic mass is 10.2. The Kier molecular flexibility index (Phi) is 5.16. The number of carbonyl (C=O) groups is 1. The number of ketones is 1. The van der Waals surface area contributed by atoms with Crippen LogP contribution in [-0.2, 0) is 0 Å². The number of hydrogen-bond acceptors (Lipinski definition) is 5. The van der Waals surface area contributed by atoms with E-state index >= 15 is 0 Å². The van der Waals surface area contributed by atoms with E-state index < -0.39 is 0 Å². The van der Waals surface area contributed by atoms with Gasteiger partial charge in [-0.15, -0.1) is 11.3 Å². The highest BCUT2D eigenvalue weighted by Crippen LogP contribution is 2.23. The highest BCUT2D eigenvalue weighted by molar-refractivity contribution is 7.99. The Morgan fingerprint density at radius 2 is 2.08 bits per heavy atom. The average Bonchev–Trinajstić information content (AvgIpc) is 3.14. The van der Waals surface area contributed by atoms with Crippen LogP contribution in [0.3, 0.4) is 0 Å². The third-order valence-electron chi connectivity index (χ3n) is 3.94. The number of thioether (sulfide) groups is 1. The summed E-state index contributed by atoms with van der Waals surface area (Å²) in [7, 11) is 0. The van der Waals surface area contributed by atoms with Crippen molar-refractivity contribution in [2.24, 2.45) is 0 Å². The van der Waals surface area contributed by atoms with Crippen molar-refractivity contribution in [1.29, 1.82) is 0 Å². The fourth-order valence-corrected chi connectivity index (χ4v) is 4.17. The molecule has 3 aromatic rings. The normalized spacial score (nSPS) is 12.4. The van der Waals surface area contributed by atoms with Gasteiger partial charge in [0.05, 0.1) is 21.5 Å². The molecule has 0 saturated heterocycles. The summed E-state index contributed by atoms with van der Waals surface area (Å²) in [6, 6.07) is 11.1. The molecule has 0 aliphatic rings. The van der Waals surface area contributed by atoms with Gasteiger partial charge in [-0.1, -0.05) is 36.9 Å². The van der Waals surface area contributed by atoms with Crippen LogP contribution in [0.2, 0.25) is 0 Å². The molecule has 124 valence electrons. The summed E-state index contributed by atoms with van der Waals surface area (Å²) in [5.74, 6) is 0.343. The second kappa shape index (κ2) is 7.32. The minimum absolute atomic E-state index is 0.0361. The summed E-state index contributed by atoms with van der Waals surface area (Å²) in [5.41, 5.74) is 0.633. The second-order valence-corrected chi connectivity index (χ2v) is 7.42. The SMILES string of the molecule is CC[C@H](C)n1c(SCC(=O)c2cccs2)nc2ccccc2c1=O. The Hall–Kier alpha value is -1.92. The molecule has 24 heavy (non-hydrogen) atoms. The summed E-state index contributed by atoms with van der Waals surface area (Å²) >= 11 is 2.77. The van der Waals surface area contributed by atoms with E-state index in [1.54, 1.807) is 10.6 Å². The molecule has 0 N–H and O–H groups in total. The van der Waals surface area contributed by atoms with Gasteiger partial charge in [0.15, 0.2) is 10.9 Å². The van der Waals surface area contributed by atoms with Crippen molar-refractivity contribution < 1.29 is 4.79 Å². The first-order chi connectivity index (χ1) is 11.6. The van der Waals surface area contributed by atoms with E-state index in [2.05, 4.69) is 4.98 Å². The molecule has 0 amide bonds. The minimum Gasteiger partial charge on any atom is -0.292 e. The van der Waals surface area contributed by atoms with Gasteiger partial charge in [0.1, 0.15) is 0 Å². The molecule has 0 unspecified atom stereocenters. The van der Waals surface area contributed by atoms with Crippen LogP contribution in [0, 0.1) is 0 Å². The Bertz CT molecular complexity index is 916. The average molecular weight is 358 g/mol. The summed E-state index contributed by atoms with van der Waals surface area (Å²) < 4.78 is 1.72. The largest absolute Gasteiger partial charge is 0.292 e. The minimum atomic E-state index is -0.0407. The number of fused-ring (bicyclic) bond motifs is 1. The molecule has 1 aromatic carbocycles. The van der Waals surface area contributed by atoms with E-state index in [0.717, 1.165) is 11.3 Å². The number of nitrogens with zero attached hydrogens (tertiary/aromatic N) is 2. The molecule has 0 fully saturated rings. The van der Waals surface area contributed by atoms with Crippen molar-refractivity contribution in [2.75, 3.05) is 5.75 Å². The third kappa shape index (κ3) is 3.30. The highest BCUT2D eigenvalue weighted by Gasteiger charge is 2.17. The Morgan fingerprint density at radius 1 is 1.29 bits per heavy atom. The van der Waals surface area contributed by atoms with Crippen LogP contribution in [0.25, 0.3) is 10.9 Å². The summed E-state index contributed by atoms with van der Waals surface area (Å²) in [4.78, 5) is 30.5. The molecule has 6 heteroatoms. The van der Waals surface area contributed by atoms with Crippen LogP contribution >= 0.6 is 23.1 Å². The van der Waals surface area contributed by atoms with Crippen molar-refractivity contribution in [2.45, 2.75) is 31.5 Å². The number of rotatable bonds is 6. The van der Waals surface area contributed by atoms with Gasteiger partial charge in [0, 0.05) is 6.04 Å². The van der Waals surface area contributed by atoms with Gasteiger partial charge in [0.25, 0.3) is 5.56 Å². The van der Waals surface area contributed by atoms with Crippen molar-refractivity contribution in [3.05, 3.63) is 57.0 Å². The number of para-hydroxylation sites is 1. The van der Waals surface area contributed by atoms with Crippen molar-refractivity contribution in [1.82, 2.24) is 9.55 Å². The first kappa shape index (κ1) is 16.9. The van der Waals surface area contributed by atoms with Crippen LogP contribution < -0.4 is 5.56 Å². The number of Topliss-reactive ketones (excluding diaryl/α,β-unsaturated/α-hetero) is 1. The van der Waals surface area contributed by atoms with Gasteiger partial charge in [-0.3, -0.25) is 14.2 Å². The van der Waals surface area contributed by atoms with Gasteiger partial charge >= 0.3 is 0 Å². The lowest BCUT2D eigenvalue weighted by Crippen LogP contribution is -2.26. The molecular weight excluding hydrogens is 340 g/mol. The number of carbonyl (C=O) groups excluding carboxylic acids is 1. The highest BCUT2D eigenvalue weighted by atomic mass is 32.2. The summed E-state index contributed by atoms with van der Waals surface area (Å²) in [6.45, 7) is 4.04. The second-order valence-electron chi connectivity index (χ2n) is 5.53. The number of thiophene rings is 1. The smallest absolute Gasteiger partial charge is 0.262 e. The van der Waals surface area contributed by atoms with Crippen LogP contribution in [0.1, 0.15) is 36.0 Å². The standard InChI is InChI=1S/C18H18N2O2S2/c1-3-12(2)20-17(22)13-7-4-5-8-14(13)19-18(20)24-11-15(21)16-9-6-10-23-16/h4-10,12H,3,11H2,1-2H3/t12-/m0/s1. The van der Waals surface area contributed by atoms with Crippen molar-refractivity contribution in [3.63, 3.8) is 0 Å². The number of hydrogen-bond donors (Lipinski definition) is 0. The molecule has 1 atom stereocenters. The molecule has 0 radical (unpaired) electrons. The van der Waals surface area contributed by atoms with E-state index in [1.807, 2.05) is 49.6 Å². The van der Waals surface area contributed by atoms with Crippen LogP contribution in [0.15, 0.2) is 51.7 Å². The lowest BCUT2D eigenvalue weighted by molar-refractivity contribution is 0.102. The van der Waals surface area contributed by atoms with Gasteiger partial charge in [-0.2, -0.15) is 0 Å². The predicted molar refractivity (Wildman–Crippen MR) is 100 cm³/mol. The lowest BCUT2D eigenvalue weighted by Gasteiger charge is -2.18. The van der Waals surface area contributed by atoms with Crippen molar-refractivity contribution in [3.8, 4) is 0 Å². The molecule has 2 heterocycles. The molecule has 4 nitrogen and oxygen atoms in total. The van der Waals surface area contributed by atoms with Gasteiger partial charge in [-0.25, -0.2) is 4.98 Å². The fourth-order valence-electron chi connectivity index (χ4n) is 2.44. The summed E-state index contributed by atoms with van der Waals surface area (Å²) in [5, 5.41) is 3.12. The molecule has 0 saturated carbocycles. The molecule has 0 spiro atoms. The number of benzene rings is 1. The van der Waals surface area contributed by atoms with Crippen LogP contribution in [-0.4, -0.2) is 21.1 Å². The monoisotopic (exact) mass is 358 g/mol. The Labute approximate surface area is 148 Å². The molecular formula is C18H18N2O2S2. The maximum Gasteiger partial charge on any atom is 0.262 e. The maximum absolute atomic E-state index is 12.8. The fraction of sp³-hybridized carbons (Fsp3) is 0.278. The summed E-state index contributed by atoms with van der Waals surface area (Å²) in [6.07, 6.45) is 0.826. The van der Waals surface area contributed by atoms with E-state index in [1.165, 1.54) is 23.1 Å². The van der Waals surface area contributed by atoms with Crippen LogP contribution in [0.5, 0.6) is 0 Å². The Morgan fingerprint density at radius 3 is 2.79 bits per heavy atom. The molecule has 0 aliphatic heterocycles. The topological polar surface area (TPSA) is 52.0 Å². The van der Waals surface area contributed by atoms with E-state index in [4.69, 9.17) is 0 Å². The van der Waals surface area contributed by atoms with Gasteiger partial charge < -0.3 is 0 Å². The Balaban J connectivity index is 1.99. The predicted octanol–water partition coefficient (Wildman–Crippen LogP) is 4.40. The van der Waals surface area contributed by atoms with E-state index in [-0.39, 0.29) is 23.1 Å². The zero-order chi connectivity index (χ0) is 17.1. The number of aromatic nitrogens is 2. The first-order valence-corrected chi connectivity index (χ1v) is 9.69. The van der Waals surface area contributed by atoms with Crippen molar-refractivity contribution >= 4 is 39.8 Å². The van der Waals surface area contributed by atoms with E-state index in [9.17, 15) is 9.59 Å². The van der Waals surface area contributed by atoms with Gasteiger partial charge in [0.2, 0.25) is 0 Å². The van der Waals surface area contributed by atoms with Gasteiger partial charge in [-0.05, 0) is 36.9 Å². The third-order valence-corrected chi connectivity index (χ3v) is 5.80. The van der Waals surface area contributed by atoms with E-state index in [0.29, 0.717) is 16.1 Å². The van der Waals surface area contributed by atoms with Crippen LogP contribution in [0.4, 0.5) is 0 Å². The zero-order valence-corrected chi connectivity index (χ0v) is 15.2. The quantitative estimate of drug-likeness (QED) is 0.372. The molecule has 0 bridgehead atoms. The molecule has 3 rings (SSSR count). The molecule has 2 aromatic heterocycles.